The standard InChI is InChI=1S/C13H17NO4/c1-2-3-4-9-13(15)18-10-11-7-5-6-8-12(11)14(16)17/h5-8H,2-4,9-10H2,1H3. The van der Waals surface area contributed by atoms with Crippen molar-refractivity contribution < 1.29 is 14.5 Å². The summed E-state index contributed by atoms with van der Waals surface area (Å²) in [5.74, 6) is -0.304. The number of nitro benzene ring substituents is 1. The monoisotopic (exact) mass is 251 g/mol. The molecule has 5 nitrogen and oxygen atoms in total. The molecule has 0 bridgehead atoms. The molecule has 1 aromatic carbocycles. The van der Waals surface area contributed by atoms with Gasteiger partial charge >= 0.3 is 5.97 Å². The molecule has 0 aromatic heterocycles. The number of nitrogens with zero attached hydrogens (tertiary/aromatic N) is 1. The van der Waals surface area contributed by atoms with Crippen molar-refractivity contribution in [2.45, 2.75) is 39.2 Å². The Morgan fingerprint density at radius 1 is 1.33 bits per heavy atom. The van der Waals surface area contributed by atoms with Gasteiger partial charge in [-0.05, 0) is 12.5 Å². The molecule has 98 valence electrons. The van der Waals surface area contributed by atoms with E-state index in [1.54, 1.807) is 18.2 Å². The van der Waals surface area contributed by atoms with Crippen LogP contribution in [0.3, 0.4) is 0 Å². The molecule has 1 rings (SSSR count). The predicted molar refractivity (Wildman–Crippen MR) is 67.0 cm³/mol. The van der Waals surface area contributed by atoms with Crippen molar-refractivity contribution in [1.82, 2.24) is 0 Å². The van der Waals surface area contributed by atoms with E-state index in [-0.39, 0.29) is 18.3 Å². The second-order valence-electron chi connectivity index (χ2n) is 4.00. The molecule has 0 saturated heterocycles. The molecule has 0 fully saturated rings. The molecular formula is C13H17NO4. The minimum absolute atomic E-state index is 0.0149. The Kier molecular flexibility index (Phi) is 5.84. The Balaban J connectivity index is 2.48. The lowest BCUT2D eigenvalue weighted by Gasteiger charge is -2.05. The maximum absolute atomic E-state index is 11.4. The number of carbonyl (C=O) groups excluding carboxylic acids is 1. The number of ether oxygens (including phenoxy) is 1. The first-order chi connectivity index (χ1) is 8.65. The van der Waals surface area contributed by atoms with Crippen LogP contribution in [0.4, 0.5) is 5.69 Å². The van der Waals surface area contributed by atoms with Gasteiger partial charge in [-0.3, -0.25) is 14.9 Å². The number of carbonyl (C=O) groups is 1. The van der Waals surface area contributed by atoms with Crippen molar-refractivity contribution in [1.29, 1.82) is 0 Å². The third-order valence-corrected chi connectivity index (χ3v) is 2.56. The zero-order valence-electron chi connectivity index (χ0n) is 10.4. The van der Waals surface area contributed by atoms with Gasteiger partial charge in [-0.15, -0.1) is 0 Å². The van der Waals surface area contributed by atoms with Crippen molar-refractivity contribution in [3.8, 4) is 0 Å². The van der Waals surface area contributed by atoms with Crippen LogP contribution in [0.25, 0.3) is 0 Å². The second kappa shape index (κ2) is 7.42. The minimum Gasteiger partial charge on any atom is -0.461 e. The third-order valence-electron chi connectivity index (χ3n) is 2.56. The average Bonchev–Trinajstić information content (AvgIpc) is 2.37. The molecule has 5 heteroatoms. The summed E-state index contributed by atoms with van der Waals surface area (Å²) in [6.45, 7) is 2.01. The van der Waals surface area contributed by atoms with Gasteiger partial charge in [0.15, 0.2) is 0 Å². The summed E-state index contributed by atoms with van der Waals surface area (Å²) in [4.78, 5) is 21.7. The van der Waals surface area contributed by atoms with Crippen molar-refractivity contribution >= 4 is 11.7 Å². The molecule has 0 aliphatic rings. The van der Waals surface area contributed by atoms with Gasteiger partial charge in [0.05, 0.1) is 10.5 Å². The van der Waals surface area contributed by atoms with Crippen molar-refractivity contribution in [2.24, 2.45) is 0 Å². The zero-order chi connectivity index (χ0) is 13.4. The largest absolute Gasteiger partial charge is 0.461 e. The Hall–Kier alpha value is -1.91. The predicted octanol–water partition coefficient (Wildman–Crippen LogP) is 3.22. The van der Waals surface area contributed by atoms with Crippen LogP contribution in [-0.2, 0) is 16.1 Å². The van der Waals surface area contributed by atoms with Crippen molar-refractivity contribution in [3.05, 3.63) is 39.9 Å². The number of rotatable bonds is 7. The van der Waals surface area contributed by atoms with Gasteiger partial charge in [-0.2, -0.15) is 0 Å². The minimum atomic E-state index is -0.472. The van der Waals surface area contributed by atoms with Gasteiger partial charge in [0.2, 0.25) is 0 Å². The van der Waals surface area contributed by atoms with Crippen LogP contribution in [-0.4, -0.2) is 10.9 Å². The molecule has 0 saturated carbocycles. The summed E-state index contributed by atoms with van der Waals surface area (Å²) in [5.41, 5.74) is 0.408. The Morgan fingerprint density at radius 3 is 2.72 bits per heavy atom. The molecule has 0 radical (unpaired) electrons. The highest BCUT2D eigenvalue weighted by atomic mass is 16.6. The fourth-order valence-corrected chi connectivity index (χ4v) is 1.56. The number of nitro groups is 1. The van der Waals surface area contributed by atoms with Crippen molar-refractivity contribution in [2.75, 3.05) is 0 Å². The summed E-state index contributed by atoms with van der Waals surface area (Å²) in [7, 11) is 0. The molecular weight excluding hydrogens is 234 g/mol. The molecule has 0 heterocycles. The first-order valence-corrected chi connectivity index (χ1v) is 6.03. The SMILES string of the molecule is CCCCCC(=O)OCc1ccccc1[N+](=O)[O-]. The lowest BCUT2D eigenvalue weighted by Crippen LogP contribution is -2.05. The van der Waals surface area contributed by atoms with Gasteiger partial charge in [0.25, 0.3) is 5.69 Å². The smallest absolute Gasteiger partial charge is 0.306 e. The number of esters is 1. The number of hydrogen-bond acceptors (Lipinski definition) is 4. The van der Waals surface area contributed by atoms with E-state index in [1.165, 1.54) is 6.07 Å². The van der Waals surface area contributed by atoms with Crippen molar-refractivity contribution in [3.63, 3.8) is 0 Å². The Bertz CT molecular complexity index is 417. The number of para-hydroxylation sites is 1. The summed E-state index contributed by atoms with van der Waals surface area (Å²) in [6, 6.07) is 6.27. The number of hydrogen-bond donors (Lipinski definition) is 0. The summed E-state index contributed by atoms with van der Waals surface area (Å²) in [5, 5.41) is 10.7. The van der Waals surface area contributed by atoms with Crippen LogP contribution in [0.15, 0.2) is 24.3 Å². The Morgan fingerprint density at radius 2 is 2.06 bits per heavy atom. The molecule has 0 N–H and O–H groups in total. The third kappa shape index (κ3) is 4.53. The topological polar surface area (TPSA) is 69.4 Å². The molecule has 0 aliphatic heterocycles. The van der Waals surface area contributed by atoms with E-state index >= 15 is 0 Å². The molecule has 1 aromatic rings. The maximum Gasteiger partial charge on any atom is 0.306 e. The van der Waals surface area contributed by atoms with E-state index in [0.29, 0.717) is 12.0 Å². The second-order valence-corrected chi connectivity index (χ2v) is 4.00. The van der Waals surface area contributed by atoms with E-state index in [0.717, 1.165) is 19.3 Å². The molecule has 18 heavy (non-hydrogen) atoms. The fourth-order valence-electron chi connectivity index (χ4n) is 1.56. The summed E-state index contributed by atoms with van der Waals surface area (Å²) >= 11 is 0. The van der Waals surface area contributed by atoms with E-state index in [2.05, 4.69) is 6.92 Å². The lowest BCUT2D eigenvalue weighted by molar-refractivity contribution is -0.385. The van der Waals surface area contributed by atoms with Gasteiger partial charge in [-0.1, -0.05) is 31.9 Å². The first-order valence-electron chi connectivity index (χ1n) is 6.03. The molecule has 0 unspecified atom stereocenters. The zero-order valence-corrected chi connectivity index (χ0v) is 10.4. The van der Waals surface area contributed by atoms with Gasteiger partial charge < -0.3 is 4.74 Å². The van der Waals surface area contributed by atoms with Crippen LogP contribution in [0.2, 0.25) is 0 Å². The normalized spacial score (nSPS) is 10.1. The number of unbranched alkanes of at least 4 members (excludes halogenated alkanes) is 2. The Labute approximate surface area is 106 Å². The highest BCUT2D eigenvalue weighted by Gasteiger charge is 2.13. The van der Waals surface area contributed by atoms with Crippen LogP contribution < -0.4 is 0 Å². The quantitative estimate of drug-likeness (QED) is 0.323. The molecule has 0 amide bonds. The van der Waals surface area contributed by atoms with Gasteiger partial charge in [-0.25, -0.2) is 0 Å². The highest BCUT2D eigenvalue weighted by Crippen LogP contribution is 2.18. The number of benzene rings is 1. The molecule has 0 spiro atoms. The maximum atomic E-state index is 11.4. The van der Waals surface area contributed by atoms with Gasteiger partial charge in [0.1, 0.15) is 6.61 Å². The molecule has 0 aliphatic carbocycles. The van der Waals surface area contributed by atoms with Crippen LogP contribution in [0, 0.1) is 10.1 Å². The van der Waals surface area contributed by atoms with Crippen LogP contribution in [0.1, 0.15) is 38.2 Å². The highest BCUT2D eigenvalue weighted by molar-refractivity contribution is 5.69. The fraction of sp³-hybridized carbons (Fsp3) is 0.462. The summed E-state index contributed by atoms with van der Waals surface area (Å²) < 4.78 is 5.02. The van der Waals surface area contributed by atoms with E-state index in [9.17, 15) is 14.9 Å². The van der Waals surface area contributed by atoms with E-state index in [1.807, 2.05) is 0 Å². The van der Waals surface area contributed by atoms with Gasteiger partial charge in [0, 0.05) is 12.5 Å². The van der Waals surface area contributed by atoms with E-state index in [4.69, 9.17) is 4.74 Å². The van der Waals surface area contributed by atoms with Crippen LogP contribution >= 0.6 is 0 Å². The molecule has 0 atom stereocenters. The lowest BCUT2D eigenvalue weighted by atomic mass is 10.2. The first kappa shape index (κ1) is 14.2. The average molecular weight is 251 g/mol. The van der Waals surface area contributed by atoms with Crippen LogP contribution in [0.5, 0.6) is 0 Å². The summed E-state index contributed by atoms with van der Waals surface area (Å²) in [6.07, 6.45) is 3.19. The van der Waals surface area contributed by atoms with E-state index < -0.39 is 4.92 Å².